The number of rotatable bonds is 7. The molecule has 7 heteroatoms. The van der Waals surface area contributed by atoms with Crippen molar-refractivity contribution < 1.29 is 13.9 Å². The van der Waals surface area contributed by atoms with Crippen LogP contribution in [0.4, 0.5) is 4.39 Å². The molecular weight excluding hydrogens is 453 g/mol. The minimum Gasteiger partial charge on any atom is -0.489 e. The molecule has 2 aromatic carbocycles. The van der Waals surface area contributed by atoms with Crippen LogP contribution in [0.25, 0.3) is 0 Å². The van der Waals surface area contributed by atoms with Gasteiger partial charge in [-0.1, -0.05) is 11.6 Å². The molecule has 2 aromatic rings. The summed E-state index contributed by atoms with van der Waals surface area (Å²) >= 11 is 5.90. The maximum absolute atomic E-state index is 13.3. The first-order valence-electron chi connectivity index (χ1n) is 12.2. The Hall–Kier alpha value is -2.62. The molecule has 0 aromatic heterocycles. The summed E-state index contributed by atoms with van der Waals surface area (Å²) in [5.41, 5.74) is 0.907. The quantitative estimate of drug-likeness (QED) is 0.559. The van der Waals surface area contributed by atoms with Gasteiger partial charge in [-0.15, -0.1) is 0 Å². The van der Waals surface area contributed by atoms with Crippen molar-refractivity contribution >= 4 is 17.5 Å². The lowest BCUT2D eigenvalue weighted by atomic mass is 9.84. The lowest BCUT2D eigenvalue weighted by Gasteiger charge is -2.34. The maximum atomic E-state index is 13.3. The van der Waals surface area contributed by atoms with Gasteiger partial charge in [0, 0.05) is 29.7 Å². The van der Waals surface area contributed by atoms with Crippen molar-refractivity contribution in [3.05, 3.63) is 64.4 Å². The van der Waals surface area contributed by atoms with Gasteiger partial charge in [0.15, 0.2) is 0 Å². The standard InChI is InChI=1S/C27H31ClFN3O2/c28-22-5-3-20(4-6-22)27(33)31-24-8-1-19(2-9-24)11-14-32-15-12-25(13-16-32)34-26-10-7-23(29)17-21(26)18-30/h3-7,10,17,19,24-25H,1-2,8-9,11-16H2,(H,31,33)/t19-,24-. The second-order valence-corrected chi connectivity index (χ2v) is 9.83. The molecule has 0 bridgehead atoms. The fourth-order valence-electron chi connectivity index (χ4n) is 4.95. The smallest absolute Gasteiger partial charge is 0.251 e. The van der Waals surface area contributed by atoms with Crippen LogP contribution in [0.3, 0.4) is 0 Å². The minimum absolute atomic E-state index is 0.0206. The zero-order chi connectivity index (χ0) is 23.9. The lowest BCUT2D eigenvalue weighted by Crippen LogP contribution is -2.40. The summed E-state index contributed by atoms with van der Waals surface area (Å²) in [6.07, 6.45) is 7.40. The van der Waals surface area contributed by atoms with E-state index in [0.717, 1.165) is 58.2 Å². The first kappa shape index (κ1) is 24.5. The number of benzene rings is 2. The van der Waals surface area contributed by atoms with Crippen molar-refractivity contribution in [2.45, 2.75) is 57.1 Å². The molecule has 1 N–H and O–H groups in total. The summed E-state index contributed by atoms with van der Waals surface area (Å²) in [7, 11) is 0. The highest BCUT2D eigenvalue weighted by atomic mass is 35.5. The Morgan fingerprint density at radius 3 is 2.47 bits per heavy atom. The molecule has 0 spiro atoms. The number of ether oxygens (including phenoxy) is 1. The molecule has 180 valence electrons. The SMILES string of the molecule is N#Cc1cc(F)ccc1OC1CCN(CC[C@H]2CC[C@H](NC(=O)c3ccc(Cl)cc3)CC2)CC1. The number of nitriles is 1. The highest BCUT2D eigenvalue weighted by Gasteiger charge is 2.25. The second-order valence-electron chi connectivity index (χ2n) is 9.40. The van der Waals surface area contributed by atoms with E-state index < -0.39 is 5.82 Å². The normalized spacial score (nSPS) is 21.6. The number of nitrogens with zero attached hydrogens (tertiary/aromatic N) is 2. The summed E-state index contributed by atoms with van der Waals surface area (Å²) in [6, 6.07) is 13.4. The Kier molecular flexibility index (Phi) is 8.42. The van der Waals surface area contributed by atoms with Crippen LogP contribution in [0.2, 0.25) is 5.02 Å². The molecule has 34 heavy (non-hydrogen) atoms. The summed E-state index contributed by atoms with van der Waals surface area (Å²) < 4.78 is 19.3. The average molecular weight is 484 g/mol. The number of carbonyl (C=O) groups is 1. The van der Waals surface area contributed by atoms with Gasteiger partial charge in [-0.05, 0) is 99.9 Å². The van der Waals surface area contributed by atoms with Gasteiger partial charge in [-0.3, -0.25) is 4.79 Å². The van der Waals surface area contributed by atoms with Gasteiger partial charge >= 0.3 is 0 Å². The molecule has 1 aliphatic heterocycles. The molecule has 1 saturated heterocycles. The largest absolute Gasteiger partial charge is 0.489 e. The Morgan fingerprint density at radius 2 is 1.79 bits per heavy atom. The number of piperidine rings is 1. The number of carbonyl (C=O) groups excluding carboxylic acids is 1. The van der Waals surface area contributed by atoms with Crippen LogP contribution in [0.1, 0.15) is 60.9 Å². The molecule has 1 heterocycles. The van der Waals surface area contributed by atoms with E-state index >= 15 is 0 Å². The molecule has 5 nitrogen and oxygen atoms in total. The fourth-order valence-corrected chi connectivity index (χ4v) is 5.08. The monoisotopic (exact) mass is 483 g/mol. The highest BCUT2D eigenvalue weighted by molar-refractivity contribution is 6.30. The van der Waals surface area contributed by atoms with E-state index in [0.29, 0.717) is 22.3 Å². The number of likely N-dealkylation sites (tertiary alicyclic amines) is 1. The van der Waals surface area contributed by atoms with Crippen molar-refractivity contribution in [3.8, 4) is 11.8 Å². The first-order chi connectivity index (χ1) is 16.5. The van der Waals surface area contributed by atoms with Crippen molar-refractivity contribution in [3.63, 3.8) is 0 Å². The molecule has 1 amide bonds. The Morgan fingerprint density at radius 1 is 1.09 bits per heavy atom. The molecular formula is C27H31ClFN3O2. The van der Waals surface area contributed by atoms with Crippen LogP contribution in [0.5, 0.6) is 5.75 Å². The topological polar surface area (TPSA) is 65.4 Å². The molecule has 0 radical (unpaired) electrons. The molecule has 1 aliphatic carbocycles. The van der Waals surface area contributed by atoms with Gasteiger partial charge in [-0.25, -0.2) is 4.39 Å². The molecule has 0 atom stereocenters. The van der Waals surface area contributed by atoms with Crippen LogP contribution < -0.4 is 10.1 Å². The fraction of sp³-hybridized carbons (Fsp3) is 0.481. The van der Waals surface area contributed by atoms with E-state index in [9.17, 15) is 14.4 Å². The Labute approximate surface area is 205 Å². The number of hydrogen-bond acceptors (Lipinski definition) is 4. The van der Waals surface area contributed by atoms with Crippen molar-refractivity contribution in [2.24, 2.45) is 5.92 Å². The molecule has 4 rings (SSSR count). The summed E-state index contributed by atoms with van der Waals surface area (Å²) in [6.45, 7) is 3.03. The van der Waals surface area contributed by atoms with Gasteiger partial charge in [0.1, 0.15) is 23.7 Å². The molecule has 1 saturated carbocycles. The average Bonchev–Trinajstić information content (AvgIpc) is 2.86. The predicted octanol–water partition coefficient (Wildman–Crippen LogP) is 5.57. The molecule has 2 aliphatic rings. The van der Waals surface area contributed by atoms with Gasteiger partial charge in [-0.2, -0.15) is 5.26 Å². The van der Waals surface area contributed by atoms with Crippen LogP contribution in [0, 0.1) is 23.1 Å². The molecule has 2 fully saturated rings. The van der Waals surface area contributed by atoms with Crippen molar-refractivity contribution in [2.75, 3.05) is 19.6 Å². The van der Waals surface area contributed by atoms with E-state index in [1.807, 2.05) is 6.07 Å². The second kappa shape index (κ2) is 11.7. The third-order valence-electron chi connectivity index (χ3n) is 7.03. The Bertz CT molecular complexity index is 1010. The van der Waals surface area contributed by atoms with Crippen LogP contribution in [-0.2, 0) is 0 Å². The summed E-state index contributed by atoms with van der Waals surface area (Å²) in [5.74, 6) is 0.738. The number of hydrogen-bond donors (Lipinski definition) is 1. The van der Waals surface area contributed by atoms with Gasteiger partial charge < -0.3 is 15.0 Å². The van der Waals surface area contributed by atoms with Gasteiger partial charge in [0.25, 0.3) is 5.91 Å². The highest BCUT2D eigenvalue weighted by Crippen LogP contribution is 2.28. The van der Waals surface area contributed by atoms with E-state index in [4.69, 9.17) is 16.3 Å². The lowest BCUT2D eigenvalue weighted by molar-refractivity contribution is 0.0897. The van der Waals surface area contributed by atoms with Crippen LogP contribution >= 0.6 is 11.6 Å². The van der Waals surface area contributed by atoms with E-state index in [1.165, 1.54) is 18.6 Å². The predicted molar refractivity (Wildman–Crippen MR) is 130 cm³/mol. The van der Waals surface area contributed by atoms with Crippen molar-refractivity contribution in [1.29, 1.82) is 5.26 Å². The van der Waals surface area contributed by atoms with E-state index in [2.05, 4.69) is 10.2 Å². The Balaban J connectivity index is 1.13. The first-order valence-corrected chi connectivity index (χ1v) is 12.5. The minimum atomic E-state index is -0.420. The van der Waals surface area contributed by atoms with Crippen molar-refractivity contribution in [1.82, 2.24) is 10.2 Å². The zero-order valence-corrected chi connectivity index (χ0v) is 20.1. The maximum Gasteiger partial charge on any atom is 0.251 e. The van der Waals surface area contributed by atoms with Gasteiger partial charge in [0.05, 0.1) is 5.56 Å². The number of nitrogens with one attached hydrogen (secondary N) is 1. The van der Waals surface area contributed by atoms with E-state index in [-0.39, 0.29) is 23.6 Å². The van der Waals surface area contributed by atoms with Gasteiger partial charge in [0.2, 0.25) is 0 Å². The number of amides is 1. The van der Waals surface area contributed by atoms with Crippen LogP contribution in [-0.4, -0.2) is 42.6 Å². The number of halogens is 2. The molecule has 0 unspecified atom stereocenters. The zero-order valence-electron chi connectivity index (χ0n) is 19.3. The van der Waals surface area contributed by atoms with Crippen LogP contribution in [0.15, 0.2) is 42.5 Å². The third-order valence-corrected chi connectivity index (χ3v) is 7.28. The summed E-state index contributed by atoms with van der Waals surface area (Å²) in [4.78, 5) is 14.9. The summed E-state index contributed by atoms with van der Waals surface area (Å²) in [5, 5.41) is 13.0. The van der Waals surface area contributed by atoms with E-state index in [1.54, 1.807) is 30.3 Å². The third kappa shape index (κ3) is 6.71.